The second kappa shape index (κ2) is 7.65. The Bertz CT molecular complexity index is 732. The topological polar surface area (TPSA) is 73.7 Å². The molecule has 0 saturated carbocycles. The average molecular weight is 332 g/mol. The molecule has 0 bridgehead atoms. The van der Waals surface area contributed by atoms with Crippen molar-refractivity contribution in [1.82, 2.24) is 5.43 Å². The lowest BCUT2D eigenvalue weighted by molar-refractivity contribution is -0.121. The van der Waals surface area contributed by atoms with E-state index in [4.69, 9.17) is 11.6 Å². The second-order valence-corrected chi connectivity index (χ2v) is 5.55. The van der Waals surface area contributed by atoms with Gasteiger partial charge in [-0.2, -0.15) is 5.10 Å². The molecule has 0 fully saturated rings. The van der Waals surface area contributed by atoms with Gasteiger partial charge in [-0.25, -0.2) is 5.43 Å². The number of hydrazone groups is 1. The Labute approximate surface area is 140 Å². The molecule has 0 radical (unpaired) electrons. The maximum atomic E-state index is 12.0. The summed E-state index contributed by atoms with van der Waals surface area (Å²) in [5.74, 6) is -0.246. The molecular weight excluding hydrogens is 314 g/mol. The van der Waals surface area contributed by atoms with Crippen LogP contribution in [0.3, 0.4) is 0 Å². The number of carbonyl (C=O) groups excluding carboxylic acids is 1. The molecule has 23 heavy (non-hydrogen) atoms. The third-order valence-electron chi connectivity index (χ3n) is 3.28. The van der Waals surface area contributed by atoms with E-state index in [0.29, 0.717) is 10.6 Å². The molecule has 0 aliphatic rings. The fourth-order valence-corrected chi connectivity index (χ4v) is 2.11. The van der Waals surface area contributed by atoms with Crippen LogP contribution in [0.25, 0.3) is 0 Å². The fourth-order valence-electron chi connectivity index (χ4n) is 1.92. The molecule has 2 aromatic carbocycles. The summed E-state index contributed by atoms with van der Waals surface area (Å²) >= 11 is 5.84. The number of rotatable bonds is 5. The van der Waals surface area contributed by atoms with Crippen LogP contribution in [0.4, 0.5) is 5.69 Å². The maximum absolute atomic E-state index is 12.0. The number of para-hydroxylation sites is 1. The van der Waals surface area contributed by atoms with E-state index in [9.17, 15) is 9.90 Å². The number of hydrogen-bond acceptors (Lipinski definition) is 4. The van der Waals surface area contributed by atoms with Gasteiger partial charge in [0, 0.05) is 16.3 Å². The summed E-state index contributed by atoms with van der Waals surface area (Å²) in [7, 11) is 0. The van der Waals surface area contributed by atoms with Crippen LogP contribution in [-0.2, 0) is 4.79 Å². The largest absolute Gasteiger partial charge is 0.507 e. The first-order valence-corrected chi connectivity index (χ1v) is 7.49. The number of carbonyl (C=O) groups is 1. The van der Waals surface area contributed by atoms with Gasteiger partial charge in [-0.15, -0.1) is 0 Å². The minimum absolute atomic E-state index is 0.0403. The van der Waals surface area contributed by atoms with Crippen molar-refractivity contribution < 1.29 is 9.90 Å². The van der Waals surface area contributed by atoms with Crippen LogP contribution >= 0.6 is 11.6 Å². The number of amides is 1. The van der Waals surface area contributed by atoms with Crippen LogP contribution in [0.5, 0.6) is 5.75 Å². The van der Waals surface area contributed by atoms with E-state index in [1.54, 1.807) is 19.1 Å². The van der Waals surface area contributed by atoms with Gasteiger partial charge in [0.25, 0.3) is 5.91 Å². The van der Waals surface area contributed by atoms with Gasteiger partial charge in [0.05, 0.1) is 6.21 Å². The summed E-state index contributed by atoms with van der Waals surface area (Å²) < 4.78 is 0. The highest BCUT2D eigenvalue weighted by Gasteiger charge is 2.12. The molecule has 0 heterocycles. The summed E-state index contributed by atoms with van der Waals surface area (Å²) in [5.41, 5.74) is 4.81. The van der Waals surface area contributed by atoms with Crippen molar-refractivity contribution in [2.45, 2.75) is 19.9 Å². The van der Waals surface area contributed by atoms with Gasteiger partial charge >= 0.3 is 0 Å². The minimum Gasteiger partial charge on any atom is -0.507 e. The van der Waals surface area contributed by atoms with Gasteiger partial charge < -0.3 is 10.4 Å². The van der Waals surface area contributed by atoms with Gasteiger partial charge in [-0.1, -0.05) is 29.8 Å². The van der Waals surface area contributed by atoms with Crippen molar-refractivity contribution in [2.75, 3.05) is 5.32 Å². The van der Waals surface area contributed by atoms with Crippen molar-refractivity contribution in [1.29, 1.82) is 0 Å². The first-order valence-electron chi connectivity index (χ1n) is 7.11. The molecule has 0 aliphatic carbocycles. The number of phenolic OH excluding ortho intramolecular Hbond substituents is 1. The van der Waals surface area contributed by atoms with Crippen LogP contribution in [-0.4, -0.2) is 23.3 Å². The van der Waals surface area contributed by atoms with Crippen LogP contribution in [0.2, 0.25) is 5.02 Å². The predicted molar refractivity (Wildman–Crippen MR) is 93.1 cm³/mol. The predicted octanol–water partition coefficient (Wildman–Crippen LogP) is 3.30. The van der Waals surface area contributed by atoms with Crippen LogP contribution < -0.4 is 10.7 Å². The van der Waals surface area contributed by atoms with E-state index >= 15 is 0 Å². The highest BCUT2D eigenvalue weighted by molar-refractivity contribution is 6.30. The molecule has 3 N–H and O–H groups in total. The zero-order valence-corrected chi connectivity index (χ0v) is 13.6. The normalized spacial score (nSPS) is 12.1. The molecular formula is C17H18ClN3O2. The molecule has 6 heteroatoms. The third kappa shape index (κ3) is 4.72. The lowest BCUT2D eigenvalue weighted by atomic mass is 10.2. The number of phenols is 1. The summed E-state index contributed by atoms with van der Waals surface area (Å²) in [5, 5.41) is 17.1. The molecule has 2 rings (SSSR count). The Morgan fingerprint density at radius 3 is 2.78 bits per heavy atom. The molecule has 1 unspecified atom stereocenters. The quantitative estimate of drug-likeness (QED) is 0.581. The summed E-state index contributed by atoms with van der Waals surface area (Å²) in [4.78, 5) is 12.0. The SMILES string of the molecule is Cc1ccccc1NC(C)C(=O)NN=Cc1cc(Cl)ccc1O. The number of aryl methyl sites for hydroxylation is 1. The van der Waals surface area contributed by atoms with Gasteiger partial charge in [0.1, 0.15) is 11.8 Å². The molecule has 0 saturated heterocycles. The highest BCUT2D eigenvalue weighted by Crippen LogP contribution is 2.19. The monoisotopic (exact) mass is 331 g/mol. The summed E-state index contributed by atoms with van der Waals surface area (Å²) in [6.07, 6.45) is 1.35. The smallest absolute Gasteiger partial charge is 0.262 e. The van der Waals surface area contributed by atoms with E-state index in [1.165, 1.54) is 12.3 Å². The van der Waals surface area contributed by atoms with Gasteiger partial charge in [-0.05, 0) is 43.7 Å². The van der Waals surface area contributed by atoms with Crippen molar-refractivity contribution >= 4 is 29.4 Å². The number of benzene rings is 2. The van der Waals surface area contributed by atoms with Crippen LogP contribution in [0, 0.1) is 6.92 Å². The number of nitrogens with zero attached hydrogens (tertiary/aromatic N) is 1. The summed E-state index contributed by atoms with van der Waals surface area (Å²) in [6, 6.07) is 11.9. The van der Waals surface area contributed by atoms with Crippen molar-refractivity contribution in [3.63, 3.8) is 0 Å². The Kier molecular flexibility index (Phi) is 5.60. The fraction of sp³-hybridized carbons (Fsp3) is 0.176. The number of aromatic hydroxyl groups is 1. The maximum Gasteiger partial charge on any atom is 0.262 e. The zero-order chi connectivity index (χ0) is 16.8. The Morgan fingerprint density at radius 1 is 1.30 bits per heavy atom. The zero-order valence-electron chi connectivity index (χ0n) is 12.9. The number of anilines is 1. The first kappa shape index (κ1) is 16.8. The molecule has 0 aliphatic heterocycles. The Morgan fingerprint density at radius 2 is 2.04 bits per heavy atom. The van der Waals surface area contributed by atoms with Gasteiger partial charge in [-0.3, -0.25) is 4.79 Å². The van der Waals surface area contributed by atoms with Crippen molar-refractivity contribution in [2.24, 2.45) is 5.10 Å². The number of halogens is 1. The van der Waals surface area contributed by atoms with Gasteiger partial charge in [0.15, 0.2) is 0 Å². The molecule has 1 atom stereocenters. The Hall–Kier alpha value is -2.53. The van der Waals surface area contributed by atoms with E-state index in [2.05, 4.69) is 15.8 Å². The molecule has 0 spiro atoms. The van der Waals surface area contributed by atoms with Crippen LogP contribution in [0.15, 0.2) is 47.6 Å². The van der Waals surface area contributed by atoms with Gasteiger partial charge in [0.2, 0.25) is 0 Å². The van der Waals surface area contributed by atoms with E-state index in [1.807, 2.05) is 31.2 Å². The summed E-state index contributed by atoms with van der Waals surface area (Å²) in [6.45, 7) is 3.71. The first-order chi connectivity index (χ1) is 11.0. The average Bonchev–Trinajstić information content (AvgIpc) is 2.52. The minimum atomic E-state index is -0.457. The van der Waals surface area contributed by atoms with Crippen LogP contribution in [0.1, 0.15) is 18.1 Å². The molecule has 2 aromatic rings. The molecule has 0 aromatic heterocycles. The molecule has 1 amide bonds. The van der Waals surface area contributed by atoms with E-state index < -0.39 is 6.04 Å². The molecule has 5 nitrogen and oxygen atoms in total. The second-order valence-electron chi connectivity index (χ2n) is 5.12. The highest BCUT2D eigenvalue weighted by atomic mass is 35.5. The van der Waals surface area contributed by atoms with Crippen molar-refractivity contribution in [3.8, 4) is 5.75 Å². The van der Waals surface area contributed by atoms with E-state index in [0.717, 1.165) is 11.3 Å². The molecule has 120 valence electrons. The van der Waals surface area contributed by atoms with E-state index in [-0.39, 0.29) is 11.7 Å². The Balaban J connectivity index is 1.95. The number of hydrogen-bond donors (Lipinski definition) is 3. The third-order valence-corrected chi connectivity index (χ3v) is 3.51. The lowest BCUT2D eigenvalue weighted by Crippen LogP contribution is -2.35. The standard InChI is InChI=1S/C17H18ClN3O2/c1-11-5-3-4-6-15(11)20-12(2)17(23)21-19-10-13-9-14(18)7-8-16(13)22/h3-10,12,20,22H,1-2H3,(H,21,23). The van der Waals surface area contributed by atoms with Crippen molar-refractivity contribution in [3.05, 3.63) is 58.6 Å². The number of nitrogens with one attached hydrogen (secondary N) is 2. The lowest BCUT2D eigenvalue weighted by Gasteiger charge is -2.15.